The van der Waals surface area contributed by atoms with Gasteiger partial charge in [0.2, 0.25) is 0 Å². The van der Waals surface area contributed by atoms with Gasteiger partial charge in [0, 0.05) is 46.3 Å². The van der Waals surface area contributed by atoms with Gasteiger partial charge in [0.1, 0.15) is 0 Å². The number of hydrogen-bond acceptors (Lipinski definition) is 3. The van der Waals surface area contributed by atoms with Crippen molar-refractivity contribution in [3.8, 4) is 0 Å². The van der Waals surface area contributed by atoms with Gasteiger partial charge < -0.3 is 10.2 Å². The molecule has 3 rings (SSSR count). The molecule has 0 radical (unpaired) electrons. The summed E-state index contributed by atoms with van der Waals surface area (Å²) in [7, 11) is 5.49. The fourth-order valence-electron chi connectivity index (χ4n) is 2.79. The van der Waals surface area contributed by atoms with E-state index in [4.69, 9.17) is 0 Å². The Bertz CT molecular complexity index is 518. The summed E-state index contributed by atoms with van der Waals surface area (Å²) in [6.45, 7) is 3.69. The van der Waals surface area contributed by atoms with Gasteiger partial charge in [-0.3, -0.25) is 9.58 Å². The molecule has 0 spiro atoms. The second kappa shape index (κ2) is 5.09. The Balaban J connectivity index is 1.65. The molecule has 1 aliphatic carbocycles. The van der Waals surface area contributed by atoms with Crippen LogP contribution in [-0.4, -0.2) is 46.3 Å². The van der Waals surface area contributed by atoms with Crippen LogP contribution in [0.3, 0.4) is 0 Å². The zero-order valence-electron chi connectivity index (χ0n) is 12.5. The van der Waals surface area contributed by atoms with Gasteiger partial charge in [0.05, 0.1) is 17.9 Å². The highest BCUT2D eigenvalue weighted by atomic mass is 16.2. The number of carbonyl (C=O) groups excluding carboxylic acids is 1. The summed E-state index contributed by atoms with van der Waals surface area (Å²) in [5.41, 5.74) is 3.63. The lowest BCUT2D eigenvalue weighted by atomic mass is 10.2. The number of aromatic nitrogens is 2. The second-order valence-corrected chi connectivity index (χ2v) is 6.16. The van der Waals surface area contributed by atoms with Gasteiger partial charge in [-0.1, -0.05) is 0 Å². The van der Waals surface area contributed by atoms with Crippen LogP contribution in [0.4, 0.5) is 4.79 Å². The first-order valence-corrected chi connectivity index (χ1v) is 7.25. The third-order valence-electron chi connectivity index (χ3n) is 4.14. The van der Waals surface area contributed by atoms with Crippen molar-refractivity contribution >= 4 is 6.03 Å². The summed E-state index contributed by atoms with van der Waals surface area (Å²) in [5, 5.41) is 7.45. The van der Waals surface area contributed by atoms with Crippen molar-refractivity contribution < 1.29 is 4.79 Å². The van der Waals surface area contributed by atoms with Gasteiger partial charge in [0.15, 0.2) is 0 Å². The fraction of sp³-hybridized carbons (Fsp3) is 0.714. The van der Waals surface area contributed by atoms with Crippen LogP contribution in [0, 0.1) is 5.92 Å². The first-order valence-electron chi connectivity index (χ1n) is 7.25. The molecule has 0 saturated heterocycles. The molecule has 1 saturated carbocycles. The summed E-state index contributed by atoms with van der Waals surface area (Å²) in [6, 6.07) is -0.0720. The Morgan fingerprint density at radius 2 is 2.15 bits per heavy atom. The van der Waals surface area contributed by atoms with E-state index in [1.807, 2.05) is 11.7 Å². The van der Waals surface area contributed by atoms with Crippen molar-refractivity contribution in [2.24, 2.45) is 13.0 Å². The summed E-state index contributed by atoms with van der Waals surface area (Å²) >= 11 is 0. The van der Waals surface area contributed by atoms with E-state index in [1.165, 1.54) is 30.6 Å². The Morgan fingerprint density at radius 3 is 2.80 bits per heavy atom. The quantitative estimate of drug-likeness (QED) is 0.890. The molecule has 20 heavy (non-hydrogen) atoms. The van der Waals surface area contributed by atoms with E-state index in [1.54, 1.807) is 19.0 Å². The SMILES string of the molecule is CN(C)C(=O)NCc1nn(C)c2c1CN(CC1CC1)C2. The Kier molecular flexibility index (Phi) is 3.41. The molecule has 1 aromatic rings. The van der Waals surface area contributed by atoms with Crippen LogP contribution < -0.4 is 5.32 Å². The highest BCUT2D eigenvalue weighted by molar-refractivity contribution is 5.73. The van der Waals surface area contributed by atoms with Crippen molar-refractivity contribution in [1.82, 2.24) is 24.9 Å². The topological polar surface area (TPSA) is 53.4 Å². The number of nitrogens with zero attached hydrogens (tertiary/aromatic N) is 4. The maximum Gasteiger partial charge on any atom is 0.317 e. The molecule has 1 aromatic heterocycles. The lowest BCUT2D eigenvalue weighted by Crippen LogP contribution is -2.34. The largest absolute Gasteiger partial charge is 0.332 e. The monoisotopic (exact) mass is 277 g/mol. The number of carbonyl (C=O) groups is 1. The van der Waals surface area contributed by atoms with Gasteiger partial charge in [-0.05, 0) is 18.8 Å². The number of amides is 2. The molecule has 2 heterocycles. The third kappa shape index (κ3) is 2.65. The fourth-order valence-corrected chi connectivity index (χ4v) is 2.79. The molecule has 0 bridgehead atoms. The molecule has 1 fully saturated rings. The zero-order chi connectivity index (χ0) is 14.3. The number of nitrogens with one attached hydrogen (secondary N) is 1. The smallest absolute Gasteiger partial charge is 0.317 e. The summed E-state index contributed by atoms with van der Waals surface area (Å²) in [6.07, 6.45) is 2.77. The van der Waals surface area contributed by atoms with E-state index in [9.17, 15) is 4.79 Å². The molecule has 1 N–H and O–H groups in total. The number of aryl methyl sites for hydroxylation is 1. The van der Waals surface area contributed by atoms with Crippen LogP contribution in [0.25, 0.3) is 0 Å². The molecule has 2 aliphatic rings. The van der Waals surface area contributed by atoms with Crippen LogP contribution in [0.1, 0.15) is 29.8 Å². The highest BCUT2D eigenvalue weighted by Crippen LogP contribution is 2.33. The molecule has 0 unspecified atom stereocenters. The molecular formula is C14H23N5O. The summed E-state index contributed by atoms with van der Waals surface area (Å²) in [5.74, 6) is 0.911. The van der Waals surface area contributed by atoms with Crippen molar-refractivity contribution in [3.63, 3.8) is 0 Å². The van der Waals surface area contributed by atoms with Crippen LogP contribution in [-0.2, 0) is 26.7 Å². The molecular weight excluding hydrogens is 254 g/mol. The first-order chi connectivity index (χ1) is 9.54. The normalized spacial score (nSPS) is 18.1. The van der Waals surface area contributed by atoms with Crippen molar-refractivity contribution in [3.05, 3.63) is 17.0 Å². The van der Waals surface area contributed by atoms with Crippen LogP contribution in [0.15, 0.2) is 0 Å². The molecule has 6 heteroatoms. The van der Waals surface area contributed by atoms with E-state index in [-0.39, 0.29) is 6.03 Å². The molecule has 6 nitrogen and oxygen atoms in total. The van der Waals surface area contributed by atoms with Crippen LogP contribution in [0.5, 0.6) is 0 Å². The second-order valence-electron chi connectivity index (χ2n) is 6.16. The average molecular weight is 277 g/mol. The number of urea groups is 1. The number of hydrogen-bond donors (Lipinski definition) is 1. The minimum atomic E-state index is -0.0720. The lowest BCUT2D eigenvalue weighted by molar-refractivity contribution is 0.216. The maximum absolute atomic E-state index is 11.6. The highest BCUT2D eigenvalue weighted by Gasteiger charge is 2.31. The predicted molar refractivity (Wildman–Crippen MR) is 76.0 cm³/mol. The number of fused-ring (bicyclic) bond motifs is 1. The van der Waals surface area contributed by atoms with Gasteiger partial charge in [-0.2, -0.15) is 5.10 Å². The standard InChI is InChI=1S/C14H23N5O/c1-17(2)14(20)15-6-12-11-8-19(7-10-4-5-10)9-13(11)18(3)16-12/h10H,4-9H2,1-3H3,(H,15,20). The van der Waals surface area contributed by atoms with Crippen molar-refractivity contribution in [1.29, 1.82) is 0 Å². The lowest BCUT2D eigenvalue weighted by Gasteiger charge is -2.15. The molecule has 0 atom stereocenters. The van der Waals surface area contributed by atoms with Gasteiger partial charge >= 0.3 is 6.03 Å². The Morgan fingerprint density at radius 1 is 1.40 bits per heavy atom. The van der Waals surface area contributed by atoms with E-state index in [0.717, 1.165) is 24.7 Å². The molecule has 2 amide bonds. The van der Waals surface area contributed by atoms with Gasteiger partial charge in [0.25, 0.3) is 0 Å². The van der Waals surface area contributed by atoms with Gasteiger partial charge in [-0.15, -0.1) is 0 Å². The van der Waals surface area contributed by atoms with Crippen molar-refractivity contribution in [2.75, 3.05) is 20.6 Å². The molecule has 1 aliphatic heterocycles. The van der Waals surface area contributed by atoms with Crippen LogP contribution in [0.2, 0.25) is 0 Å². The number of rotatable bonds is 4. The van der Waals surface area contributed by atoms with E-state index < -0.39 is 0 Å². The summed E-state index contributed by atoms with van der Waals surface area (Å²) in [4.78, 5) is 15.7. The predicted octanol–water partition coefficient (Wildman–Crippen LogP) is 0.917. The minimum absolute atomic E-state index is 0.0720. The maximum atomic E-state index is 11.6. The van der Waals surface area contributed by atoms with Crippen LogP contribution >= 0.6 is 0 Å². The Hall–Kier alpha value is -1.56. The van der Waals surface area contributed by atoms with E-state index in [2.05, 4.69) is 15.3 Å². The summed E-state index contributed by atoms with van der Waals surface area (Å²) < 4.78 is 1.97. The van der Waals surface area contributed by atoms with Gasteiger partial charge in [-0.25, -0.2) is 4.79 Å². The first kappa shape index (κ1) is 13.4. The van der Waals surface area contributed by atoms with E-state index in [0.29, 0.717) is 6.54 Å². The zero-order valence-corrected chi connectivity index (χ0v) is 12.5. The Labute approximate surface area is 119 Å². The van der Waals surface area contributed by atoms with Crippen molar-refractivity contribution in [2.45, 2.75) is 32.5 Å². The third-order valence-corrected chi connectivity index (χ3v) is 4.14. The molecule has 110 valence electrons. The minimum Gasteiger partial charge on any atom is -0.332 e. The average Bonchev–Trinajstić information content (AvgIpc) is 3.02. The molecule has 0 aromatic carbocycles. The van der Waals surface area contributed by atoms with E-state index >= 15 is 0 Å².